The number of halogens is 1. The highest BCUT2D eigenvalue weighted by molar-refractivity contribution is 5.84. The predicted octanol–water partition coefficient (Wildman–Crippen LogP) is 3.06. The summed E-state index contributed by atoms with van der Waals surface area (Å²) in [7, 11) is 3.64. The van der Waals surface area contributed by atoms with E-state index < -0.39 is 0 Å². The molecule has 154 valence electrons. The van der Waals surface area contributed by atoms with Gasteiger partial charge in [0.05, 0.1) is 12.0 Å². The molecular weight excluding hydrogens is 355 g/mol. The highest BCUT2D eigenvalue weighted by Crippen LogP contribution is 2.48. The molecule has 0 spiro atoms. The van der Waals surface area contributed by atoms with Crippen molar-refractivity contribution in [2.45, 2.75) is 50.9 Å². The molecule has 2 aliphatic rings. The third kappa shape index (κ3) is 4.31. The number of nitrogens with zero attached hydrogens (tertiary/aromatic N) is 2. The number of hydrogen-bond acceptors (Lipinski definition) is 2. The zero-order chi connectivity index (χ0) is 20.2. The number of guanidine groups is 1. The third-order valence-corrected chi connectivity index (χ3v) is 6.20. The minimum absolute atomic E-state index is 0.134. The number of nitrogens with one attached hydrogen (secondary N) is 2. The fourth-order valence-electron chi connectivity index (χ4n) is 4.37. The van der Waals surface area contributed by atoms with Crippen LogP contribution in [0.25, 0.3) is 0 Å². The maximum atomic E-state index is 14.2. The lowest BCUT2D eigenvalue weighted by atomic mass is 9.85. The van der Waals surface area contributed by atoms with Crippen molar-refractivity contribution in [2.24, 2.45) is 10.4 Å². The maximum Gasteiger partial charge on any atom is 0.230 e. The van der Waals surface area contributed by atoms with Crippen LogP contribution in [0.5, 0.6) is 0 Å². The Kier molecular flexibility index (Phi) is 6.26. The highest BCUT2D eigenvalue weighted by atomic mass is 19.1. The summed E-state index contributed by atoms with van der Waals surface area (Å²) in [6.07, 6.45) is 5.90. The summed E-state index contributed by atoms with van der Waals surface area (Å²) in [5.41, 5.74) is 0.258. The van der Waals surface area contributed by atoms with Crippen molar-refractivity contribution in [3.63, 3.8) is 0 Å². The number of carbonyl (C=O) groups is 1. The zero-order valence-electron chi connectivity index (χ0n) is 17.4. The number of carbonyl (C=O) groups excluding carboxylic acids is 1. The van der Waals surface area contributed by atoms with E-state index in [0.717, 1.165) is 50.6 Å². The van der Waals surface area contributed by atoms with Gasteiger partial charge in [-0.2, -0.15) is 0 Å². The second-order valence-corrected chi connectivity index (χ2v) is 8.50. The molecule has 0 unspecified atom stereocenters. The van der Waals surface area contributed by atoms with Crippen LogP contribution < -0.4 is 10.6 Å². The Balaban J connectivity index is 1.69. The van der Waals surface area contributed by atoms with Crippen LogP contribution in [0, 0.1) is 11.2 Å². The van der Waals surface area contributed by atoms with Gasteiger partial charge in [0.1, 0.15) is 5.82 Å². The SMILES string of the molecule is CCNC(=NCC1(C(=O)N(C)C)CCCC1)NCC1(c2ccccc2F)CC1. The summed E-state index contributed by atoms with van der Waals surface area (Å²) < 4.78 is 14.2. The summed E-state index contributed by atoms with van der Waals surface area (Å²) in [5, 5.41) is 6.68. The van der Waals surface area contributed by atoms with Gasteiger partial charge in [-0.25, -0.2) is 4.39 Å². The van der Waals surface area contributed by atoms with Crippen molar-refractivity contribution < 1.29 is 9.18 Å². The third-order valence-electron chi connectivity index (χ3n) is 6.20. The molecule has 2 N–H and O–H groups in total. The van der Waals surface area contributed by atoms with E-state index in [1.807, 2.05) is 33.2 Å². The molecule has 1 aromatic rings. The molecule has 1 amide bonds. The monoisotopic (exact) mass is 388 g/mol. The zero-order valence-corrected chi connectivity index (χ0v) is 17.4. The first-order valence-electron chi connectivity index (χ1n) is 10.4. The van der Waals surface area contributed by atoms with Gasteiger partial charge in [0.25, 0.3) is 0 Å². The van der Waals surface area contributed by atoms with Gasteiger partial charge in [-0.3, -0.25) is 9.79 Å². The number of amides is 1. The Morgan fingerprint density at radius 3 is 2.39 bits per heavy atom. The summed E-state index contributed by atoms with van der Waals surface area (Å²) in [5.74, 6) is 0.753. The number of rotatable bonds is 7. The average Bonchev–Trinajstić information content (AvgIpc) is 3.31. The average molecular weight is 389 g/mol. The minimum Gasteiger partial charge on any atom is -0.357 e. The van der Waals surface area contributed by atoms with E-state index in [9.17, 15) is 9.18 Å². The van der Waals surface area contributed by atoms with E-state index in [2.05, 4.69) is 10.6 Å². The molecule has 2 fully saturated rings. The van der Waals surface area contributed by atoms with Crippen molar-refractivity contribution in [3.8, 4) is 0 Å². The van der Waals surface area contributed by atoms with Gasteiger partial charge >= 0.3 is 0 Å². The Bertz CT molecular complexity index is 721. The van der Waals surface area contributed by atoms with Crippen LogP contribution in [-0.2, 0) is 10.2 Å². The van der Waals surface area contributed by atoms with E-state index in [1.165, 1.54) is 6.07 Å². The number of benzene rings is 1. The maximum absolute atomic E-state index is 14.2. The number of hydrogen-bond donors (Lipinski definition) is 2. The van der Waals surface area contributed by atoms with Crippen molar-refractivity contribution in [1.29, 1.82) is 0 Å². The van der Waals surface area contributed by atoms with Gasteiger partial charge in [0.15, 0.2) is 5.96 Å². The standard InChI is InChI=1S/C22H33FN4O/c1-4-24-20(26-16-22(11-7-8-12-22)19(28)27(2)3)25-15-21(13-14-21)17-9-5-6-10-18(17)23/h5-6,9-10H,4,7-8,11-16H2,1-3H3,(H2,24,25,26). The first-order chi connectivity index (χ1) is 13.4. The van der Waals surface area contributed by atoms with Crippen molar-refractivity contribution in [3.05, 3.63) is 35.6 Å². The van der Waals surface area contributed by atoms with Crippen LogP contribution in [0.1, 0.15) is 51.0 Å². The Hall–Kier alpha value is -2.11. The molecular formula is C22H33FN4O. The lowest BCUT2D eigenvalue weighted by Crippen LogP contribution is -2.44. The molecule has 3 rings (SSSR count). The van der Waals surface area contributed by atoms with Crippen LogP contribution in [0.15, 0.2) is 29.3 Å². The lowest BCUT2D eigenvalue weighted by Gasteiger charge is -2.29. The Morgan fingerprint density at radius 1 is 1.14 bits per heavy atom. The van der Waals surface area contributed by atoms with Gasteiger partial charge in [-0.05, 0) is 44.2 Å². The van der Waals surface area contributed by atoms with Crippen LogP contribution in [0.4, 0.5) is 4.39 Å². The molecule has 5 nitrogen and oxygen atoms in total. The second-order valence-electron chi connectivity index (χ2n) is 8.50. The van der Waals surface area contributed by atoms with E-state index in [-0.39, 0.29) is 22.6 Å². The van der Waals surface area contributed by atoms with E-state index in [1.54, 1.807) is 11.0 Å². The smallest absolute Gasteiger partial charge is 0.230 e. The molecule has 2 saturated carbocycles. The summed E-state index contributed by atoms with van der Waals surface area (Å²) in [6.45, 7) is 3.91. The molecule has 0 heterocycles. The fourth-order valence-corrected chi connectivity index (χ4v) is 4.37. The molecule has 0 saturated heterocycles. The molecule has 0 atom stereocenters. The molecule has 0 bridgehead atoms. The summed E-state index contributed by atoms with van der Waals surface area (Å²) in [6, 6.07) is 7.05. The molecule has 1 aromatic carbocycles. The predicted molar refractivity (Wildman–Crippen MR) is 111 cm³/mol. The summed E-state index contributed by atoms with van der Waals surface area (Å²) >= 11 is 0. The fraction of sp³-hybridized carbons (Fsp3) is 0.636. The van der Waals surface area contributed by atoms with Crippen molar-refractivity contribution in [1.82, 2.24) is 15.5 Å². The van der Waals surface area contributed by atoms with Gasteiger partial charge in [-0.15, -0.1) is 0 Å². The molecule has 2 aliphatic carbocycles. The van der Waals surface area contributed by atoms with Crippen LogP contribution in [0.2, 0.25) is 0 Å². The summed E-state index contributed by atoms with van der Waals surface area (Å²) in [4.78, 5) is 19.2. The Morgan fingerprint density at radius 2 is 1.82 bits per heavy atom. The number of aliphatic imine (C=N–C) groups is 1. The van der Waals surface area contributed by atoms with Crippen LogP contribution in [-0.4, -0.2) is 50.5 Å². The quantitative estimate of drug-likeness (QED) is 0.558. The minimum atomic E-state index is -0.380. The van der Waals surface area contributed by atoms with Gasteiger partial charge in [-0.1, -0.05) is 31.0 Å². The molecule has 28 heavy (non-hydrogen) atoms. The molecule has 6 heteroatoms. The molecule has 0 aromatic heterocycles. The molecule has 0 aliphatic heterocycles. The topological polar surface area (TPSA) is 56.7 Å². The highest BCUT2D eigenvalue weighted by Gasteiger charge is 2.46. The Labute approximate surface area is 167 Å². The van der Waals surface area contributed by atoms with Crippen LogP contribution in [0.3, 0.4) is 0 Å². The first kappa shape index (κ1) is 20.6. The van der Waals surface area contributed by atoms with Crippen molar-refractivity contribution in [2.75, 3.05) is 33.7 Å². The van der Waals surface area contributed by atoms with Gasteiger partial charge in [0, 0.05) is 32.6 Å². The van der Waals surface area contributed by atoms with Gasteiger partial charge in [0.2, 0.25) is 5.91 Å². The van der Waals surface area contributed by atoms with E-state index in [0.29, 0.717) is 19.0 Å². The van der Waals surface area contributed by atoms with E-state index >= 15 is 0 Å². The van der Waals surface area contributed by atoms with Crippen LogP contribution >= 0.6 is 0 Å². The van der Waals surface area contributed by atoms with E-state index in [4.69, 9.17) is 4.99 Å². The first-order valence-corrected chi connectivity index (χ1v) is 10.4. The normalized spacial score (nSPS) is 19.9. The molecule has 0 radical (unpaired) electrons. The second kappa shape index (κ2) is 8.50. The largest absolute Gasteiger partial charge is 0.357 e. The van der Waals surface area contributed by atoms with Crippen molar-refractivity contribution >= 4 is 11.9 Å². The lowest BCUT2D eigenvalue weighted by molar-refractivity contribution is -0.138. The van der Waals surface area contributed by atoms with Gasteiger partial charge < -0.3 is 15.5 Å².